The zero-order valence-corrected chi connectivity index (χ0v) is 9.31. The Morgan fingerprint density at radius 3 is 2.94 bits per heavy atom. The quantitative estimate of drug-likeness (QED) is 0.691. The molecule has 16 heavy (non-hydrogen) atoms. The van der Waals surface area contributed by atoms with Crippen LogP contribution in [0.4, 0.5) is 5.69 Å². The Hall–Kier alpha value is -1.49. The van der Waals surface area contributed by atoms with Crippen molar-refractivity contribution in [3.63, 3.8) is 0 Å². The molecular weight excluding hydrogens is 206 g/mol. The molecule has 88 valence electrons. The van der Waals surface area contributed by atoms with E-state index in [0.717, 1.165) is 0 Å². The summed E-state index contributed by atoms with van der Waals surface area (Å²) in [4.78, 5) is 11.9. The van der Waals surface area contributed by atoms with Crippen molar-refractivity contribution < 1.29 is 9.90 Å². The van der Waals surface area contributed by atoms with E-state index < -0.39 is 0 Å². The standard InChI is InChI=1S/C11H17N3O2/c1-2-14-6-7(12)3-10(14)11(16)13-8-4-9(15)5-8/h3,6,8-9,15H,2,4-5,12H2,1H3,(H,13,16). The van der Waals surface area contributed by atoms with Crippen LogP contribution < -0.4 is 11.1 Å². The van der Waals surface area contributed by atoms with Crippen LogP contribution in [0.25, 0.3) is 0 Å². The first-order valence-electron chi connectivity index (χ1n) is 5.54. The number of carbonyl (C=O) groups is 1. The Labute approximate surface area is 94.2 Å². The molecule has 0 atom stereocenters. The van der Waals surface area contributed by atoms with Crippen LogP contribution in [0, 0.1) is 0 Å². The van der Waals surface area contributed by atoms with Crippen LogP contribution in [0.2, 0.25) is 0 Å². The van der Waals surface area contributed by atoms with Crippen molar-refractivity contribution in [2.24, 2.45) is 0 Å². The first-order chi connectivity index (χ1) is 7.60. The summed E-state index contributed by atoms with van der Waals surface area (Å²) in [7, 11) is 0. The Balaban J connectivity index is 2.02. The molecule has 2 rings (SSSR count). The molecular formula is C11H17N3O2. The fraction of sp³-hybridized carbons (Fsp3) is 0.545. The SMILES string of the molecule is CCn1cc(N)cc1C(=O)NC1CC(O)C1. The summed E-state index contributed by atoms with van der Waals surface area (Å²) < 4.78 is 1.82. The van der Waals surface area contributed by atoms with E-state index in [-0.39, 0.29) is 18.1 Å². The van der Waals surface area contributed by atoms with Gasteiger partial charge in [-0.1, -0.05) is 0 Å². The number of nitrogen functional groups attached to an aromatic ring is 1. The summed E-state index contributed by atoms with van der Waals surface area (Å²) in [5, 5.41) is 12.0. The second-order valence-corrected chi connectivity index (χ2v) is 4.24. The van der Waals surface area contributed by atoms with Crippen LogP contribution in [-0.4, -0.2) is 27.7 Å². The second-order valence-electron chi connectivity index (χ2n) is 4.24. The molecule has 1 heterocycles. The molecule has 0 spiro atoms. The average molecular weight is 223 g/mol. The highest BCUT2D eigenvalue weighted by molar-refractivity contribution is 5.94. The molecule has 1 aliphatic rings. The fourth-order valence-corrected chi connectivity index (χ4v) is 1.95. The highest BCUT2D eigenvalue weighted by atomic mass is 16.3. The average Bonchev–Trinajstić information content (AvgIpc) is 2.57. The third-order valence-corrected chi connectivity index (χ3v) is 2.94. The Bertz CT molecular complexity index is 394. The number of nitrogens with one attached hydrogen (secondary N) is 1. The summed E-state index contributed by atoms with van der Waals surface area (Å²) >= 11 is 0. The molecule has 1 aliphatic carbocycles. The third-order valence-electron chi connectivity index (χ3n) is 2.94. The zero-order valence-electron chi connectivity index (χ0n) is 9.31. The van der Waals surface area contributed by atoms with Gasteiger partial charge in [-0.2, -0.15) is 0 Å². The number of anilines is 1. The second kappa shape index (κ2) is 4.17. The molecule has 1 aromatic heterocycles. The maximum absolute atomic E-state index is 11.9. The molecule has 4 N–H and O–H groups in total. The van der Waals surface area contributed by atoms with Crippen molar-refractivity contribution in [2.75, 3.05) is 5.73 Å². The summed E-state index contributed by atoms with van der Waals surface area (Å²) in [6, 6.07) is 1.78. The number of amides is 1. The minimum atomic E-state index is -0.256. The molecule has 1 aromatic rings. The lowest BCUT2D eigenvalue weighted by molar-refractivity contribution is 0.0559. The molecule has 5 heteroatoms. The molecule has 1 saturated carbocycles. The summed E-state index contributed by atoms with van der Waals surface area (Å²) in [6.45, 7) is 2.68. The van der Waals surface area contributed by atoms with Gasteiger partial charge in [0.25, 0.3) is 5.91 Å². The van der Waals surface area contributed by atoms with E-state index in [4.69, 9.17) is 10.8 Å². The van der Waals surface area contributed by atoms with Gasteiger partial charge in [-0.25, -0.2) is 0 Å². The molecule has 0 unspecified atom stereocenters. The van der Waals surface area contributed by atoms with Crippen molar-refractivity contribution >= 4 is 11.6 Å². The van der Waals surface area contributed by atoms with Crippen LogP contribution in [0.1, 0.15) is 30.3 Å². The van der Waals surface area contributed by atoms with Crippen molar-refractivity contribution in [1.82, 2.24) is 9.88 Å². The van der Waals surface area contributed by atoms with Crippen molar-refractivity contribution in [2.45, 2.75) is 38.5 Å². The van der Waals surface area contributed by atoms with E-state index >= 15 is 0 Å². The smallest absolute Gasteiger partial charge is 0.268 e. The van der Waals surface area contributed by atoms with Crippen LogP contribution in [0.15, 0.2) is 12.3 Å². The van der Waals surface area contributed by atoms with Gasteiger partial charge in [-0.3, -0.25) is 4.79 Å². The lowest BCUT2D eigenvalue weighted by Gasteiger charge is -2.31. The van der Waals surface area contributed by atoms with Gasteiger partial charge in [-0.05, 0) is 25.8 Å². The molecule has 1 fully saturated rings. The lowest BCUT2D eigenvalue weighted by Crippen LogP contribution is -2.47. The maximum Gasteiger partial charge on any atom is 0.268 e. The first-order valence-corrected chi connectivity index (χ1v) is 5.54. The Morgan fingerprint density at radius 1 is 1.69 bits per heavy atom. The van der Waals surface area contributed by atoms with Gasteiger partial charge < -0.3 is 20.7 Å². The first kappa shape index (κ1) is 11.0. The topological polar surface area (TPSA) is 80.3 Å². The predicted molar refractivity (Wildman–Crippen MR) is 61.0 cm³/mol. The molecule has 1 amide bonds. The number of nitrogens with two attached hydrogens (primary N) is 1. The Kier molecular flexibility index (Phi) is 2.87. The Morgan fingerprint density at radius 2 is 2.38 bits per heavy atom. The largest absolute Gasteiger partial charge is 0.397 e. The van der Waals surface area contributed by atoms with Gasteiger partial charge >= 0.3 is 0 Å². The number of rotatable bonds is 3. The van der Waals surface area contributed by atoms with Gasteiger partial charge in [0.1, 0.15) is 5.69 Å². The minimum Gasteiger partial charge on any atom is -0.397 e. The number of nitrogens with zero attached hydrogens (tertiary/aromatic N) is 1. The van der Waals surface area contributed by atoms with Crippen LogP contribution in [0.5, 0.6) is 0 Å². The number of hydrogen-bond donors (Lipinski definition) is 3. The molecule has 5 nitrogen and oxygen atoms in total. The number of aromatic nitrogens is 1. The van der Waals surface area contributed by atoms with Crippen LogP contribution in [-0.2, 0) is 6.54 Å². The van der Waals surface area contributed by atoms with E-state index in [0.29, 0.717) is 30.8 Å². The summed E-state index contributed by atoms with van der Waals surface area (Å²) in [5.74, 6) is -0.115. The van der Waals surface area contributed by atoms with Gasteiger partial charge in [-0.15, -0.1) is 0 Å². The normalized spacial score (nSPS) is 23.9. The van der Waals surface area contributed by atoms with Gasteiger partial charge in [0.05, 0.1) is 11.8 Å². The molecule has 0 aromatic carbocycles. The monoisotopic (exact) mass is 223 g/mol. The van der Waals surface area contributed by atoms with E-state index in [2.05, 4.69) is 5.32 Å². The molecule has 0 bridgehead atoms. The minimum absolute atomic E-state index is 0.101. The highest BCUT2D eigenvalue weighted by Gasteiger charge is 2.29. The number of aliphatic hydroxyl groups is 1. The molecule has 0 aliphatic heterocycles. The van der Waals surface area contributed by atoms with Crippen LogP contribution in [0.3, 0.4) is 0 Å². The number of aliphatic hydroxyl groups excluding tert-OH is 1. The third kappa shape index (κ3) is 2.04. The zero-order chi connectivity index (χ0) is 11.7. The molecule has 0 radical (unpaired) electrons. The van der Waals surface area contributed by atoms with E-state index in [1.807, 2.05) is 11.5 Å². The fourth-order valence-electron chi connectivity index (χ4n) is 1.95. The van der Waals surface area contributed by atoms with E-state index in [1.165, 1.54) is 0 Å². The maximum atomic E-state index is 11.9. The van der Waals surface area contributed by atoms with Gasteiger partial charge in [0.2, 0.25) is 0 Å². The van der Waals surface area contributed by atoms with Crippen LogP contribution >= 0.6 is 0 Å². The van der Waals surface area contributed by atoms with Crippen molar-refractivity contribution in [3.05, 3.63) is 18.0 Å². The van der Waals surface area contributed by atoms with Crippen molar-refractivity contribution in [1.29, 1.82) is 0 Å². The van der Waals surface area contributed by atoms with E-state index in [1.54, 1.807) is 12.3 Å². The van der Waals surface area contributed by atoms with E-state index in [9.17, 15) is 4.79 Å². The molecule has 0 saturated heterocycles. The highest BCUT2D eigenvalue weighted by Crippen LogP contribution is 2.20. The van der Waals surface area contributed by atoms with Gasteiger partial charge in [0, 0.05) is 18.8 Å². The number of hydrogen-bond acceptors (Lipinski definition) is 3. The number of aryl methyl sites for hydroxylation is 1. The predicted octanol–water partition coefficient (Wildman–Crippen LogP) is 0.343. The lowest BCUT2D eigenvalue weighted by atomic mass is 9.89. The number of carbonyl (C=O) groups excluding carboxylic acids is 1. The summed E-state index contributed by atoms with van der Waals surface area (Å²) in [6.07, 6.45) is 2.79. The summed E-state index contributed by atoms with van der Waals surface area (Å²) in [5.41, 5.74) is 6.83. The van der Waals surface area contributed by atoms with Gasteiger partial charge in [0.15, 0.2) is 0 Å². The van der Waals surface area contributed by atoms with Crippen molar-refractivity contribution in [3.8, 4) is 0 Å².